The van der Waals surface area contributed by atoms with Gasteiger partial charge in [-0.15, -0.1) is 0 Å². The van der Waals surface area contributed by atoms with Gasteiger partial charge in [0, 0.05) is 13.2 Å². The fourth-order valence-electron chi connectivity index (χ4n) is 1.31. The van der Waals surface area contributed by atoms with Crippen LogP contribution in [0.3, 0.4) is 0 Å². The van der Waals surface area contributed by atoms with E-state index in [1.807, 2.05) is 29.9 Å². The molecule has 0 fully saturated rings. The number of hydrogen-bond donors (Lipinski definition) is 1. The standard InChI is InChI=1S/C12H12FN3/c1-16-8-2-3-12(16)9-14-15-11-6-4-10(13)5-7-11/h2-9,15H,1H3/b14-9-. The molecule has 0 bridgehead atoms. The van der Waals surface area contributed by atoms with Crippen LogP contribution in [0.5, 0.6) is 0 Å². The molecule has 4 heteroatoms. The molecule has 0 saturated carbocycles. The molecule has 0 aliphatic rings. The number of anilines is 1. The molecule has 1 heterocycles. The van der Waals surface area contributed by atoms with Crippen molar-refractivity contribution in [3.63, 3.8) is 0 Å². The number of aryl methyl sites for hydroxylation is 1. The second-order valence-corrected chi connectivity index (χ2v) is 3.42. The van der Waals surface area contributed by atoms with Gasteiger partial charge in [0.15, 0.2) is 0 Å². The summed E-state index contributed by atoms with van der Waals surface area (Å²) in [4.78, 5) is 0. The minimum Gasteiger partial charge on any atom is -0.350 e. The predicted octanol–water partition coefficient (Wildman–Crippen LogP) is 2.61. The third-order valence-corrected chi connectivity index (χ3v) is 2.22. The van der Waals surface area contributed by atoms with Gasteiger partial charge >= 0.3 is 0 Å². The summed E-state index contributed by atoms with van der Waals surface area (Å²) >= 11 is 0. The van der Waals surface area contributed by atoms with Crippen LogP contribution in [0.25, 0.3) is 0 Å². The van der Waals surface area contributed by atoms with Gasteiger partial charge in [-0.05, 0) is 36.4 Å². The summed E-state index contributed by atoms with van der Waals surface area (Å²) in [6.07, 6.45) is 3.66. The quantitative estimate of drug-likeness (QED) is 0.621. The third-order valence-electron chi connectivity index (χ3n) is 2.22. The molecule has 0 aliphatic heterocycles. The number of nitrogens with one attached hydrogen (secondary N) is 1. The largest absolute Gasteiger partial charge is 0.350 e. The number of halogens is 1. The molecule has 2 rings (SSSR count). The Balaban J connectivity index is 2.00. The summed E-state index contributed by atoms with van der Waals surface area (Å²) in [5.74, 6) is -0.253. The first-order chi connectivity index (χ1) is 7.75. The number of aromatic nitrogens is 1. The second-order valence-electron chi connectivity index (χ2n) is 3.42. The van der Waals surface area contributed by atoms with E-state index in [0.717, 1.165) is 11.4 Å². The number of hydrogen-bond acceptors (Lipinski definition) is 2. The first-order valence-electron chi connectivity index (χ1n) is 4.92. The fraction of sp³-hybridized carbons (Fsp3) is 0.0833. The van der Waals surface area contributed by atoms with Gasteiger partial charge in [0.05, 0.1) is 17.6 Å². The van der Waals surface area contributed by atoms with Crippen molar-refractivity contribution in [3.8, 4) is 0 Å². The highest BCUT2D eigenvalue weighted by molar-refractivity contribution is 5.78. The molecule has 2 aromatic rings. The summed E-state index contributed by atoms with van der Waals surface area (Å²) < 4.78 is 14.6. The summed E-state index contributed by atoms with van der Waals surface area (Å²) in [5.41, 5.74) is 4.58. The van der Waals surface area contributed by atoms with E-state index in [2.05, 4.69) is 10.5 Å². The molecule has 0 atom stereocenters. The first kappa shape index (κ1) is 10.4. The lowest BCUT2D eigenvalue weighted by Gasteiger charge is -1.99. The molecule has 1 aromatic carbocycles. The van der Waals surface area contributed by atoms with Crippen LogP contribution in [-0.2, 0) is 7.05 Å². The maximum absolute atomic E-state index is 12.6. The molecule has 0 aliphatic carbocycles. The van der Waals surface area contributed by atoms with E-state index in [0.29, 0.717) is 0 Å². The lowest BCUT2D eigenvalue weighted by atomic mass is 10.3. The Labute approximate surface area is 93.2 Å². The highest BCUT2D eigenvalue weighted by Gasteiger charge is 1.92. The molecule has 0 amide bonds. The van der Waals surface area contributed by atoms with E-state index in [4.69, 9.17) is 0 Å². The minimum absolute atomic E-state index is 0.253. The summed E-state index contributed by atoms with van der Waals surface area (Å²) in [7, 11) is 1.94. The van der Waals surface area contributed by atoms with Crippen molar-refractivity contribution < 1.29 is 4.39 Å². The number of benzene rings is 1. The topological polar surface area (TPSA) is 29.3 Å². The molecule has 82 valence electrons. The van der Waals surface area contributed by atoms with Crippen LogP contribution in [0.15, 0.2) is 47.7 Å². The Bertz CT molecular complexity index is 485. The van der Waals surface area contributed by atoms with Crippen molar-refractivity contribution in [3.05, 3.63) is 54.1 Å². The molecular weight excluding hydrogens is 205 g/mol. The van der Waals surface area contributed by atoms with Gasteiger partial charge in [0.25, 0.3) is 0 Å². The predicted molar refractivity (Wildman–Crippen MR) is 63.0 cm³/mol. The molecule has 3 nitrogen and oxygen atoms in total. The lowest BCUT2D eigenvalue weighted by molar-refractivity contribution is 0.628. The average Bonchev–Trinajstić information content (AvgIpc) is 2.68. The van der Waals surface area contributed by atoms with Crippen molar-refractivity contribution in [2.75, 3.05) is 5.43 Å². The van der Waals surface area contributed by atoms with Crippen molar-refractivity contribution in [1.29, 1.82) is 0 Å². The fourth-order valence-corrected chi connectivity index (χ4v) is 1.31. The summed E-state index contributed by atoms with van der Waals surface area (Å²) in [6.45, 7) is 0. The second kappa shape index (κ2) is 4.61. The van der Waals surface area contributed by atoms with Crippen LogP contribution in [-0.4, -0.2) is 10.8 Å². The van der Waals surface area contributed by atoms with Crippen LogP contribution in [0.1, 0.15) is 5.69 Å². The SMILES string of the molecule is Cn1cccc1/C=N\Nc1ccc(F)cc1. The molecule has 0 radical (unpaired) electrons. The number of hydrazone groups is 1. The maximum Gasteiger partial charge on any atom is 0.123 e. The highest BCUT2D eigenvalue weighted by Crippen LogP contribution is 2.07. The average molecular weight is 217 g/mol. The molecule has 1 aromatic heterocycles. The van der Waals surface area contributed by atoms with Gasteiger partial charge < -0.3 is 4.57 Å². The van der Waals surface area contributed by atoms with Crippen LogP contribution < -0.4 is 5.43 Å². The highest BCUT2D eigenvalue weighted by atomic mass is 19.1. The van der Waals surface area contributed by atoms with Crippen LogP contribution >= 0.6 is 0 Å². The van der Waals surface area contributed by atoms with Crippen LogP contribution in [0.2, 0.25) is 0 Å². The van der Waals surface area contributed by atoms with Crippen molar-refractivity contribution in [2.24, 2.45) is 12.1 Å². The molecule has 0 unspecified atom stereocenters. The van der Waals surface area contributed by atoms with Gasteiger partial charge in [-0.2, -0.15) is 5.10 Å². The van der Waals surface area contributed by atoms with Crippen molar-refractivity contribution in [2.45, 2.75) is 0 Å². The smallest absolute Gasteiger partial charge is 0.123 e. The van der Waals surface area contributed by atoms with Crippen molar-refractivity contribution >= 4 is 11.9 Å². The third kappa shape index (κ3) is 2.48. The van der Waals surface area contributed by atoms with Gasteiger partial charge in [-0.1, -0.05) is 0 Å². The Morgan fingerprint density at radius 2 is 2.00 bits per heavy atom. The van der Waals surface area contributed by atoms with Crippen LogP contribution in [0, 0.1) is 5.82 Å². The zero-order valence-electron chi connectivity index (χ0n) is 8.89. The van der Waals surface area contributed by atoms with Gasteiger partial charge in [-0.25, -0.2) is 4.39 Å². The monoisotopic (exact) mass is 217 g/mol. The molecule has 1 N–H and O–H groups in total. The molecular formula is C12H12FN3. The van der Waals surface area contributed by atoms with Crippen LogP contribution in [0.4, 0.5) is 10.1 Å². The maximum atomic E-state index is 12.6. The zero-order chi connectivity index (χ0) is 11.4. The summed E-state index contributed by atoms with van der Waals surface area (Å²) in [5, 5.41) is 4.06. The van der Waals surface area contributed by atoms with E-state index in [1.165, 1.54) is 12.1 Å². The minimum atomic E-state index is -0.253. The van der Waals surface area contributed by atoms with E-state index < -0.39 is 0 Å². The molecule has 16 heavy (non-hydrogen) atoms. The first-order valence-corrected chi connectivity index (χ1v) is 4.92. The zero-order valence-corrected chi connectivity index (χ0v) is 8.89. The van der Waals surface area contributed by atoms with E-state index in [1.54, 1.807) is 18.3 Å². The van der Waals surface area contributed by atoms with Crippen molar-refractivity contribution in [1.82, 2.24) is 4.57 Å². The molecule has 0 spiro atoms. The summed E-state index contributed by atoms with van der Waals surface area (Å²) in [6, 6.07) is 9.95. The van der Waals surface area contributed by atoms with E-state index in [-0.39, 0.29) is 5.82 Å². The Hall–Kier alpha value is -2.10. The Kier molecular flexibility index (Phi) is 3.00. The molecule has 0 saturated heterocycles. The number of nitrogens with zero attached hydrogens (tertiary/aromatic N) is 2. The normalized spacial score (nSPS) is 10.9. The van der Waals surface area contributed by atoms with Gasteiger partial charge in [-0.3, -0.25) is 5.43 Å². The van der Waals surface area contributed by atoms with E-state index in [9.17, 15) is 4.39 Å². The van der Waals surface area contributed by atoms with Gasteiger partial charge in [0.2, 0.25) is 0 Å². The Morgan fingerprint density at radius 1 is 1.25 bits per heavy atom. The number of rotatable bonds is 3. The lowest BCUT2D eigenvalue weighted by Crippen LogP contribution is -1.95. The van der Waals surface area contributed by atoms with Gasteiger partial charge in [0.1, 0.15) is 5.82 Å². The van der Waals surface area contributed by atoms with E-state index >= 15 is 0 Å². The Morgan fingerprint density at radius 3 is 2.62 bits per heavy atom.